The van der Waals surface area contributed by atoms with Gasteiger partial charge in [0.15, 0.2) is 5.81 Å². The molecule has 0 atom stereocenters. The van der Waals surface area contributed by atoms with Gasteiger partial charge in [0.05, 0.1) is 0 Å². The van der Waals surface area contributed by atoms with Gasteiger partial charge in [-0.05, 0) is 32.9 Å². The Balaban J connectivity index is 2.15. The van der Waals surface area contributed by atoms with Gasteiger partial charge >= 0.3 is 7.41 Å². The second-order valence-corrected chi connectivity index (χ2v) is 3.29. The Morgan fingerprint density at radius 2 is 2.08 bits per heavy atom. The summed E-state index contributed by atoms with van der Waals surface area (Å²) in [5.41, 5.74) is 0. The van der Waals surface area contributed by atoms with E-state index in [1.165, 1.54) is 19.3 Å². The zero-order chi connectivity index (χ0) is 8.81. The first kappa shape index (κ1) is 9.58. The molecular formula is C8H17BN2O. The van der Waals surface area contributed by atoms with Gasteiger partial charge in [0, 0.05) is 6.54 Å². The normalized spacial score (nSPS) is 18.8. The van der Waals surface area contributed by atoms with Crippen molar-refractivity contribution in [1.29, 1.82) is 0 Å². The number of piperidine rings is 1. The summed E-state index contributed by atoms with van der Waals surface area (Å²) in [5.74, 6) is 0.166. The number of amides is 1. The standard InChI is InChI=1S/C8H17BN2O/c1-2-10-8(12)9-11-6-4-3-5-7-11/h9H,2-7H2,1H3,(H,10,12). The van der Waals surface area contributed by atoms with E-state index < -0.39 is 0 Å². The van der Waals surface area contributed by atoms with E-state index >= 15 is 0 Å². The SMILES string of the molecule is CCNC(=O)BN1CCCCC1. The minimum atomic E-state index is 0.166. The molecule has 0 radical (unpaired) electrons. The molecule has 68 valence electrons. The Morgan fingerprint density at radius 1 is 1.42 bits per heavy atom. The van der Waals surface area contributed by atoms with Crippen molar-refractivity contribution in [2.24, 2.45) is 0 Å². The van der Waals surface area contributed by atoms with Crippen LogP contribution in [-0.2, 0) is 0 Å². The van der Waals surface area contributed by atoms with E-state index in [4.69, 9.17) is 0 Å². The van der Waals surface area contributed by atoms with Crippen LogP contribution in [0.3, 0.4) is 0 Å². The summed E-state index contributed by atoms with van der Waals surface area (Å²) in [6.07, 6.45) is 3.82. The van der Waals surface area contributed by atoms with Gasteiger partial charge in [-0.1, -0.05) is 6.42 Å². The average Bonchev–Trinajstić information content (AvgIpc) is 2.06. The van der Waals surface area contributed by atoms with E-state index in [-0.39, 0.29) is 5.81 Å². The summed E-state index contributed by atoms with van der Waals surface area (Å²) in [6.45, 7) is 4.88. The van der Waals surface area contributed by atoms with Crippen LogP contribution in [0.2, 0.25) is 0 Å². The van der Waals surface area contributed by atoms with Crippen molar-refractivity contribution in [2.45, 2.75) is 26.2 Å². The quantitative estimate of drug-likeness (QED) is 0.624. The smallest absolute Gasteiger partial charge is 0.314 e. The predicted octanol–water partition coefficient (Wildman–Crippen LogP) is 0.553. The number of hydrogen-bond acceptors (Lipinski definition) is 2. The Hall–Kier alpha value is -0.505. The average molecular weight is 168 g/mol. The molecule has 1 saturated heterocycles. The van der Waals surface area contributed by atoms with Crippen molar-refractivity contribution in [3.8, 4) is 0 Å². The van der Waals surface area contributed by atoms with Crippen LogP contribution in [0.15, 0.2) is 0 Å². The second-order valence-electron chi connectivity index (χ2n) is 3.29. The van der Waals surface area contributed by atoms with E-state index in [1.54, 1.807) is 0 Å². The zero-order valence-electron chi connectivity index (χ0n) is 7.81. The Bertz CT molecular complexity index is 146. The van der Waals surface area contributed by atoms with Crippen LogP contribution in [0, 0.1) is 0 Å². The molecule has 1 amide bonds. The van der Waals surface area contributed by atoms with Crippen LogP contribution in [0.5, 0.6) is 0 Å². The molecule has 0 unspecified atom stereocenters. The number of carbonyl (C=O) groups is 1. The zero-order valence-corrected chi connectivity index (χ0v) is 7.81. The van der Waals surface area contributed by atoms with Gasteiger partial charge < -0.3 is 10.1 Å². The van der Waals surface area contributed by atoms with Crippen LogP contribution >= 0.6 is 0 Å². The van der Waals surface area contributed by atoms with Gasteiger partial charge in [0.1, 0.15) is 0 Å². The maximum Gasteiger partial charge on any atom is 0.314 e. The molecule has 1 heterocycles. The second kappa shape index (κ2) is 5.20. The number of rotatable bonds is 3. The Kier molecular flexibility index (Phi) is 4.15. The number of carbonyl (C=O) groups excluding carboxylic acids is 1. The highest BCUT2D eigenvalue weighted by atomic mass is 16.1. The third kappa shape index (κ3) is 3.26. The lowest BCUT2D eigenvalue weighted by Gasteiger charge is -2.24. The topological polar surface area (TPSA) is 32.3 Å². The highest BCUT2D eigenvalue weighted by molar-refractivity contribution is 6.71. The van der Waals surface area contributed by atoms with E-state index in [0.29, 0.717) is 7.41 Å². The van der Waals surface area contributed by atoms with Crippen LogP contribution in [-0.4, -0.2) is 37.7 Å². The van der Waals surface area contributed by atoms with E-state index in [9.17, 15) is 4.79 Å². The summed E-state index contributed by atoms with van der Waals surface area (Å²) in [6, 6.07) is 0. The van der Waals surface area contributed by atoms with Crippen molar-refractivity contribution >= 4 is 13.2 Å². The largest absolute Gasteiger partial charge is 0.364 e. The highest BCUT2D eigenvalue weighted by Crippen LogP contribution is 2.06. The van der Waals surface area contributed by atoms with Crippen LogP contribution in [0.1, 0.15) is 26.2 Å². The molecule has 0 saturated carbocycles. The third-order valence-corrected chi connectivity index (χ3v) is 2.19. The molecule has 0 bridgehead atoms. The van der Waals surface area contributed by atoms with Crippen LogP contribution in [0.25, 0.3) is 0 Å². The van der Waals surface area contributed by atoms with Gasteiger partial charge in [-0.2, -0.15) is 0 Å². The lowest BCUT2D eigenvalue weighted by molar-refractivity contribution is 0.256. The molecule has 1 N–H and O–H groups in total. The Morgan fingerprint density at radius 3 is 2.67 bits per heavy atom. The maximum atomic E-state index is 11.2. The van der Waals surface area contributed by atoms with Gasteiger partial charge in [0.2, 0.25) is 0 Å². The minimum absolute atomic E-state index is 0.166. The molecule has 0 aromatic carbocycles. The summed E-state index contributed by atoms with van der Waals surface area (Å²) in [7, 11) is 0.591. The fourth-order valence-electron chi connectivity index (χ4n) is 1.57. The number of hydrogen-bond donors (Lipinski definition) is 1. The van der Waals surface area contributed by atoms with Crippen molar-refractivity contribution in [2.75, 3.05) is 19.6 Å². The monoisotopic (exact) mass is 168 g/mol. The van der Waals surface area contributed by atoms with Crippen molar-refractivity contribution in [3.05, 3.63) is 0 Å². The van der Waals surface area contributed by atoms with Crippen molar-refractivity contribution in [3.63, 3.8) is 0 Å². The molecule has 1 rings (SSSR count). The lowest BCUT2D eigenvalue weighted by Crippen LogP contribution is -2.42. The molecule has 3 nitrogen and oxygen atoms in total. The number of nitrogens with one attached hydrogen (secondary N) is 1. The predicted molar refractivity (Wildman–Crippen MR) is 51.6 cm³/mol. The van der Waals surface area contributed by atoms with E-state index in [2.05, 4.69) is 10.1 Å². The summed E-state index contributed by atoms with van der Waals surface area (Å²) < 4.78 is 0. The van der Waals surface area contributed by atoms with Gasteiger partial charge in [-0.25, -0.2) is 0 Å². The first-order valence-electron chi connectivity index (χ1n) is 4.82. The molecule has 12 heavy (non-hydrogen) atoms. The highest BCUT2D eigenvalue weighted by Gasteiger charge is 2.14. The molecule has 0 aliphatic carbocycles. The molecule has 0 aromatic heterocycles. The summed E-state index contributed by atoms with van der Waals surface area (Å²) in [4.78, 5) is 13.4. The van der Waals surface area contributed by atoms with E-state index in [1.807, 2.05) is 6.92 Å². The molecule has 0 aromatic rings. The maximum absolute atomic E-state index is 11.2. The number of nitrogens with zero attached hydrogens (tertiary/aromatic N) is 1. The van der Waals surface area contributed by atoms with Gasteiger partial charge in [-0.3, -0.25) is 4.79 Å². The van der Waals surface area contributed by atoms with Crippen LogP contribution < -0.4 is 5.32 Å². The van der Waals surface area contributed by atoms with Crippen molar-refractivity contribution in [1.82, 2.24) is 10.1 Å². The fraction of sp³-hybridized carbons (Fsp3) is 0.875. The molecule has 4 heteroatoms. The molecular weight excluding hydrogens is 151 g/mol. The minimum Gasteiger partial charge on any atom is -0.364 e. The molecule has 1 fully saturated rings. The first-order chi connectivity index (χ1) is 5.83. The molecule has 0 spiro atoms. The summed E-state index contributed by atoms with van der Waals surface area (Å²) >= 11 is 0. The molecule has 1 aliphatic heterocycles. The molecule has 1 aliphatic rings. The third-order valence-electron chi connectivity index (χ3n) is 2.19. The van der Waals surface area contributed by atoms with Gasteiger partial charge in [0.25, 0.3) is 0 Å². The summed E-state index contributed by atoms with van der Waals surface area (Å²) in [5, 5.41) is 2.81. The Labute approximate surface area is 74.8 Å². The fourth-order valence-corrected chi connectivity index (χ4v) is 1.57. The van der Waals surface area contributed by atoms with Crippen LogP contribution in [0.4, 0.5) is 4.79 Å². The van der Waals surface area contributed by atoms with E-state index in [0.717, 1.165) is 19.6 Å². The van der Waals surface area contributed by atoms with Crippen molar-refractivity contribution < 1.29 is 4.79 Å². The van der Waals surface area contributed by atoms with Gasteiger partial charge in [-0.15, -0.1) is 0 Å². The first-order valence-corrected chi connectivity index (χ1v) is 4.82. The lowest BCUT2D eigenvalue weighted by atomic mass is 9.87.